The third-order valence-corrected chi connectivity index (χ3v) is 3.78. The number of nitrogens with two attached hydrogens (primary N) is 1. The third-order valence-electron chi connectivity index (χ3n) is 2.69. The van der Waals surface area contributed by atoms with Crippen molar-refractivity contribution >= 4 is 29.4 Å². The fourth-order valence-corrected chi connectivity index (χ4v) is 2.30. The van der Waals surface area contributed by atoms with E-state index >= 15 is 0 Å². The van der Waals surface area contributed by atoms with Crippen molar-refractivity contribution in [3.8, 4) is 0 Å². The molecule has 1 aliphatic rings. The van der Waals surface area contributed by atoms with Crippen LogP contribution in [0, 0.1) is 6.92 Å². The van der Waals surface area contributed by atoms with Gasteiger partial charge in [0, 0.05) is 16.6 Å². The summed E-state index contributed by atoms with van der Waals surface area (Å²) in [7, 11) is 0. The van der Waals surface area contributed by atoms with Crippen LogP contribution in [0.25, 0.3) is 0 Å². The molecule has 1 aliphatic carbocycles. The molecule has 1 aromatic carbocycles. The third kappa shape index (κ3) is 4.48. The molecular formula is C13H17N3O2S. The van der Waals surface area contributed by atoms with E-state index in [1.54, 1.807) is 0 Å². The molecule has 0 radical (unpaired) electrons. The van der Waals surface area contributed by atoms with Gasteiger partial charge in [0.2, 0.25) is 5.91 Å². The number of imide groups is 1. The van der Waals surface area contributed by atoms with Crippen molar-refractivity contribution in [2.24, 2.45) is 0 Å². The number of hydrogen-bond donors (Lipinski definition) is 3. The fraction of sp³-hybridized carbons (Fsp3) is 0.385. The maximum atomic E-state index is 11.6. The number of amides is 3. The lowest BCUT2D eigenvalue weighted by molar-refractivity contribution is -0.117. The van der Waals surface area contributed by atoms with Crippen molar-refractivity contribution in [1.82, 2.24) is 10.6 Å². The lowest BCUT2D eigenvalue weighted by Crippen LogP contribution is -2.41. The Kier molecular flexibility index (Phi) is 4.31. The Morgan fingerprint density at radius 3 is 2.79 bits per heavy atom. The van der Waals surface area contributed by atoms with E-state index in [1.807, 2.05) is 25.1 Å². The van der Waals surface area contributed by atoms with Crippen LogP contribution in [0.4, 0.5) is 10.5 Å². The minimum Gasteiger partial charge on any atom is -0.398 e. The van der Waals surface area contributed by atoms with Crippen molar-refractivity contribution in [3.63, 3.8) is 0 Å². The molecule has 6 heteroatoms. The Labute approximate surface area is 116 Å². The maximum Gasteiger partial charge on any atom is 0.321 e. The van der Waals surface area contributed by atoms with Crippen LogP contribution in [0.5, 0.6) is 0 Å². The molecule has 5 nitrogen and oxygen atoms in total. The summed E-state index contributed by atoms with van der Waals surface area (Å²) >= 11 is 1.32. The molecule has 0 atom stereocenters. The molecule has 1 fully saturated rings. The number of carbonyl (C=O) groups excluding carboxylic acids is 2. The second-order valence-corrected chi connectivity index (χ2v) is 5.64. The van der Waals surface area contributed by atoms with Gasteiger partial charge < -0.3 is 11.1 Å². The van der Waals surface area contributed by atoms with Gasteiger partial charge in [0.15, 0.2) is 0 Å². The van der Waals surface area contributed by atoms with E-state index in [9.17, 15) is 9.59 Å². The molecule has 1 saturated carbocycles. The Morgan fingerprint density at radius 2 is 2.16 bits per heavy atom. The first kappa shape index (κ1) is 13.7. The molecule has 0 heterocycles. The lowest BCUT2D eigenvalue weighted by atomic mass is 10.2. The number of carbonyl (C=O) groups is 2. The summed E-state index contributed by atoms with van der Waals surface area (Å²) < 4.78 is 0. The van der Waals surface area contributed by atoms with Crippen LogP contribution in [0.2, 0.25) is 0 Å². The molecule has 2 rings (SSSR count). The second-order valence-electron chi connectivity index (χ2n) is 4.63. The number of rotatable bonds is 4. The Hall–Kier alpha value is -1.69. The molecule has 0 bridgehead atoms. The molecule has 4 N–H and O–H groups in total. The first-order chi connectivity index (χ1) is 9.04. The number of anilines is 1. The van der Waals surface area contributed by atoms with Gasteiger partial charge in [-0.15, -0.1) is 11.8 Å². The van der Waals surface area contributed by atoms with Gasteiger partial charge in [-0.3, -0.25) is 10.1 Å². The van der Waals surface area contributed by atoms with Crippen LogP contribution in [0.3, 0.4) is 0 Å². The summed E-state index contributed by atoms with van der Waals surface area (Å²) in [6.07, 6.45) is 1.99. The van der Waals surface area contributed by atoms with Gasteiger partial charge in [-0.05, 0) is 37.5 Å². The van der Waals surface area contributed by atoms with Crippen LogP contribution >= 0.6 is 11.8 Å². The van der Waals surface area contributed by atoms with Gasteiger partial charge in [0.1, 0.15) is 0 Å². The van der Waals surface area contributed by atoms with Gasteiger partial charge in [0.05, 0.1) is 5.75 Å². The Morgan fingerprint density at radius 1 is 1.42 bits per heavy atom. The normalized spacial score (nSPS) is 13.9. The van der Waals surface area contributed by atoms with Crippen molar-refractivity contribution in [2.75, 3.05) is 11.5 Å². The van der Waals surface area contributed by atoms with Crippen LogP contribution in [0.1, 0.15) is 18.4 Å². The van der Waals surface area contributed by atoms with E-state index in [-0.39, 0.29) is 17.7 Å². The zero-order chi connectivity index (χ0) is 13.8. The summed E-state index contributed by atoms with van der Waals surface area (Å²) in [6, 6.07) is 5.52. The van der Waals surface area contributed by atoms with Crippen molar-refractivity contribution in [3.05, 3.63) is 23.8 Å². The molecule has 0 aliphatic heterocycles. The topological polar surface area (TPSA) is 84.2 Å². The quantitative estimate of drug-likeness (QED) is 0.578. The van der Waals surface area contributed by atoms with Gasteiger partial charge in [-0.1, -0.05) is 6.07 Å². The van der Waals surface area contributed by atoms with E-state index in [1.165, 1.54) is 11.8 Å². The summed E-state index contributed by atoms with van der Waals surface area (Å²) in [6.45, 7) is 1.96. The van der Waals surface area contributed by atoms with Crippen molar-refractivity contribution in [1.29, 1.82) is 0 Å². The number of thioether (sulfide) groups is 1. The molecule has 0 saturated heterocycles. The van der Waals surface area contributed by atoms with Crippen LogP contribution in [-0.2, 0) is 4.79 Å². The summed E-state index contributed by atoms with van der Waals surface area (Å²) in [4.78, 5) is 23.8. The van der Waals surface area contributed by atoms with Crippen LogP contribution in [0.15, 0.2) is 23.1 Å². The molecule has 0 spiro atoms. The predicted octanol–water partition coefficient (Wildman–Crippen LogP) is 1.66. The Balaban J connectivity index is 1.77. The van der Waals surface area contributed by atoms with Crippen LogP contribution in [-0.4, -0.2) is 23.7 Å². The zero-order valence-electron chi connectivity index (χ0n) is 10.7. The molecule has 102 valence electrons. The average Bonchev–Trinajstić information content (AvgIpc) is 3.11. The number of nitrogens with one attached hydrogen (secondary N) is 2. The van der Waals surface area contributed by atoms with E-state index in [0.29, 0.717) is 5.69 Å². The van der Waals surface area contributed by atoms with Crippen molar-refractivity contribution in [2.45, 2.75) is 30.7 Å². The number of hydrogen-bond acceptors (Lipinski definition) is 4. The minimum absolute atomic E-state index is 0.172. The largest absolute Gasteiger partial charge is 0.398 e. The smallest absolute Gasteiger partial charge is 0.321 e. The lowest BCUT2D eigenvalue weighted by Gasteiger charge is -2.07. The zero-order valence-corrected chi connectivity index (χ0v) is 11.5. The standard InChI is InChI=1S/C13H17N3O2S/c1-8-2-5-11(10(14)6-8)19-7-12(17)16-13(18)15-9-3-4-9/h2,5-6,9H,3-4,7,14H2,1H3,(H2,15,16,17,18). The first-order valence-electron chi connectivity index (χ1n) is 6.14. The average molecular weight is 279 g/mol. The number of aryl methyl sites for hydroxylation is 1. The van der Waals surface area contributed by atoms with Gasteiger partial charge in [-0.2, -0.15) is 0 Å². The van der Waals surface area contributed by atoms with Crippen molar-refractivity contribution < 1.29 is 9.59 Å². The summed E-state index contributed by atoms with van der Waals surface area (Å²) in [5.74, 6) is -0.145. The Bertz CT molecular complexity index is 501. The van der Waals surface area contributed by atoms with Gasteiger partial charge in [0.25, 0.3) is 0 Å². The highest BCUT2D eigenvalue weighted by Gasteiger charge is 2.23. The first-order valence-corrected chi connectivity index (χ1v) is 7.12. The van der Waals surface area contributed by atoms with E-state index < -0.39 is 6.03 Å². The number of benzene rings is 1. The molecule has 3 amide bonds. The fourth-order valence-electron chi connectivity index (χ4n) is 1.55. The highest BCUT2D eigenvalue weighted by Crippen LogP contribution is 2.25. The molecule has 19 heavy (non-hydrogen) atoms. The predicted molar refractivity (Wildman–Crippen MR) is 76.0 cm³/mol. The highest BCUT2D eigenvalue weighted by molar-refractivity contribution is 8.00. The van der Waals surface area contributed by atoms with Crippen LogP contribution < -0.4 is 16.4 Å². The second kappa shape index (κ2) is 5.97. The van der Waals surface area contributed by atoms with E-state index in [4.69, 9.17) is 5.73 Å². The molecule has 0 aromatic heterocycles. The summed E-state index contributed by atoms with van der Waals surface area (Å²) in [5.41, 5.74) is 7.58. The SMILES string of the molecule is Cc1ccc(SCC(=O)NC(=O)NC2CC2)c(N)c1. The highest BCUT2D eigenvalue weighted by atomic mass is 32.2. The molecule has 0 unspecified atom stereocenters. The van der Waals surface area contributed by atoms with Gasteiger partial charge >= 0.3 is 6.03 Å². The number of urea groups is 1. The van der Waals surface area contributed by atoms with Gasteiger partial charge in [-0.25, -0.2) is 4.79 Å². The number of nitrogen functional groups attached to an aromatic ring is 1. The van der Waals surface area contributed by atoms with E-state index in [2.05, 4.69) is 10.6 Å². The summed E-state index contributed by atoms with van der Waals surface area (Å²) in [5, 5.41) is 5.00. The molecule has 1 aromatic rings. The monoisotopic (exact) mass is 279 g/mol. The van der Waals surface area contributed by atoms with E-state index in [0.717, 1.165) is 23.3 Å². The maximum absolute atomic E-state index is 11.6. The molecular weight excluding hydrogens is 262 g/mol. The minimum atomic E-state index is -0.412.